The first-order valence-electron chi connectivity index (χ1n) is 2.76. The van der Waals surface area contributed by atoms with Crippen LogP contribution in [0.3, 0.4) is 0 Å². The molecule has 0 aliphatic heterocycles. The maximum atomic E-state index is 8.85. The van der Waals surface area contributed by atoms with Gasteiger partial charge >= 0.3 is 0 Å². The van der Waals surface area contributed by atoms with Crippen molar-refractivity contribution in [2.24, 2.45) is 0 Å². The Morgan fingerprint density at radius 2 is 2.00 bits per heavy atom. The molecule has 0 aliphatic rings. The second kappa shape index (κ2) is 4.30. The van der Waals surface area contributed by atoms with Crippen molar-refractivity contribution >= 4 is 0 Å². The SMILES string of the molecule is [CH]=CC=CC(O)C(C)O. The van der Waals surface area contributed by atoms with E-state index >= 15 is 0 Å². The Bertz CT molecular complexity index is 105. The Kier molecular flexibility index (Phi) is 4.01. The first kappa shape index (κ1) is 8.40. The Labute approximate surface area is 55.1 Å². The highest BCUT2D eigenvalue weighted by Gasteiger charge is 2.03. The van der Waals surface area contributed by atoms with Crippen LogP contribution in [0, 0.1) is 6.58 Å². The summed E-state index contributed by atoms with van der Waals surface area (Å²) in [4.78, 5) is 0. The molecule has 1 radical (unpaired) electrons. The molecule has 2 nitrogen and oxygen atoms in total. The van der Waals surface area contributed by atoms with Crippen molar-refractivity contribution in [2.45, 2.75) is 19.1 Å². The van der Waals surface area contributed by atoms with Gasteiger partial charge in [0.1, 0.15) is 0 Å². The maximum absolute atomic E-state index is 8.85. The Morgan fingerprint density at radius 3 is 2.33 bits per heavy atom. The molecule has 0 bridgehead atoms. The molecule has 0 aliphatic carbocycles. The van der Waals surface area contributed by atoms with Crippen LogP contribution in [0.5, 0.6) is 0 Å². The minimum absolute atomic E-state index is 0.735. The van der Waals surface area contributed by atoms with Crippen LogP contribution in [-0.4, -0.2) is 22.4 Å². The molecule has 2 heteroatoms. The average Bonchev–Trinajstić information content (AvgIpc) is 1.82. The van der Waals surface area contributed by atoms with Gasteiger partial charge in [0, 0.05) is 0 Å². The lowest BCUT2D eigenvalue weighted by Gasteiger charge is -2.06. The Hall–Kier alpha value is -0.600. The summed E-state index contributed by atoms with van der Waals surface area (Å²) in [5.74, 6) is 0. The smallest absolute Gasteiger partial charge is 0.0980 e. The highest BCUT2D eigenvalue weighted by molar-refractivity contribution is 5.00. The van der Waals surface area contributed by atoms with Crippen molar-refractivity contribution in [3.63, 3.8) is 0 Å². The predicted molar refractivity (Wildman–Crippen MR) is 35.7 cm³/mol. The Balaban J connectivity index is 3.61. The van der Waals surface area contributed by atoms with Gasteiger partial charge in [-0.15, -0.1) is 0 Å². The average molecular weight is 127 g/mol. The fourth-order valence-electron chi connectivity index (χ4n) is 0.339. The van der Waals surface area contributed by atoms with Crippen LogP contribution in [0.2, 0.25) is 0 Å². The van der Waals surface area contributed by atoms with E-state index in [1.807, 2.05) is 0 Å². The topological polar surface area (TPSA) is 40.5 Å². The number of aliphatic hydroxyl groups is 2. The van der Waals surface area contributed by atoms with Gasteiger partial charge < -0.3 is 10.2 Å². The third-order valence-corrected chi connectivity index (χ3v) is 0.914. The lowest BCUT2D eigenvalue weighted by molar-refractivity contribution is 0.0619. The normalized spacial score (nSPS) is 17.7. The zero-order valence-corrected chi connectivity index (χ0v) is 5.36. The summed E-state index contributed by atoms with van der Waals surface area (Å²) in [6.45, 7) is 6.48. The van der Waals surface area contributed by atoms with E-state index in [1.165, 1.54) is 25.2 Å². The van der Waals surface area contributed by atoms with Gasteiger partial charge in [0.2, 0.25) is 0 Å². The lowest BCUT2D eigenvalue weighted by atomic mass is 10.2. The minimum Gasteiger partial charge on any atom is -0.390 e. The van der Waals surface area contributed by atoms with Gasteiger partial charge in [-0.2, -0.15) is 0 Å². The van der Waals surface area contributed by atoms with Crippen LogP contribution < -0.4 is 0 Å². The molecule has 0 rings (SSSR count). The van der Waals surface area contributed by atoms with Gasteiger partial charge in [-0.25, -0.2) is 0 Å². The lowest BCUT2D eigenvalue weighted by Crippen LogP contribution is -2.19. The van der Waals surface area contributed by atoms with E-state index in [1.54, 1.807) is 0 Å². The number of hydrogen-bond donors (Lipinski definition) is 2. The standard InChI is InChI=1S/C7H11O2/c1-3-4-5-7(9)6(2)8/h1,3-9H,2H3. The maximum Gasteiger partial charge on any atom is 0.0980 e. The molecular weight excluding hydrogens is 116 g/mol. The van der Waals surface area contributed by atoms with E-state index in [-0.39, 0.29) is 0 Å². The van der Waals surface area contributed by atoms with E-state index in [0.29, 0.717) is 0 Å². The molecule has 2 atom stereocenters. The van der Waals surface area contributed by atoms with E-state index in [9.17, 15) is 0 Å². The number of rotatable bonds is 3. The van der Waals surface area contributed by atoms with E-state index in [0.717, 1.165) is 0 Å². The fraction of sp³-hybridized carbons (Fsp3) is 0.429. The molecule has 0 aromatic rings. The third-order valence-electron chi connectivity index (χ3n) is 0.914. The van der Waals surface area contributed by atoms with Crippen LogP contribution >= 0.6 is 0 Å². The molecule has 0 amide bonds. The number of allylic oxidation sites excluding steroid dienone is 2. The van der Waals surface area contributed by atoms with Crippen LogP contribution in [-0.2, 0) is 0 Å². The molecule has 0 aromatic carbocycles. The fourth-order valence-corrected chi connectivity index (χ4v) is 0.339. The molecule has 0 aromatic heterocycles. The first-order valence-corrected chi connectivity index (χ1v) is 2.76. The van der Waals surface area contributed by atoms with Crippen molar-refractivity contribution in [1.82, 2.24) is 0 Å². The Morgan fingerprint density at radius 1 is 1.44 bits per heavy atom. The van der Waals surface area contributed by atoms with Crippen molar-refractivity contribution in [3.8, 4) is 0 Å². The summed E-state index contributed by atoms with van der Waals surface area (Å²) >= 11 is 0. The van der Waals surface area contributed by atoms with Crippen molar-refractivity contribution in [1.29, 1.82) is 0 Å². The van der Waals surface area contributed by atoms with Gasteiger partial charge in [0.05, 0.1) is 12.2 Å². The summed E-state index contributed by atoms with van der Waals surface area (Å²) in [6.07, 6.45) is 2.65. The van der Waals surface area contributed by atoms with Crippen molar-refractivity contribution < 1.29 is 10.2 Å². The van der Waals surface area contributed by atoms with E-state index in [4.69, 9.17) is 16.8 Å². The molecule has 2 unspecified atom stereocenters. The van der Waals surface area contributed by atoms with Gasteiger partial charge in [-0.3, -0.25) is 0 Å². The van der Waals surface area contributed by atoms with Gasteiger partial charge in [-0.05, 0) is 6.92 Å². The third kappa shape index (κ3) is 3.94. The first-order chi connectivity index (χ1) is 4.18. The van der Waals surface area contributed by atoms with Crippen molar-refractivity contribution in [2.75, 3.05) is 0 Å². The summed E-state index contributed by atoms with van der Waals surface area (Å²) < 4.78 is 0. The van der Waals surface area contributed by atoms with E-state index in [2.05, 4.69) is 0 Å². The molecule has 0 heterocycles. The largest absolute Gasteiger partial charge is 0.390 e. The highest BCUT2D eigenvalue weighted by Crippen LogP contribution is 1.92. The molecule has 9 heavy (non-hydrogen) atoms. The summed E-state index contributed by atoms with van der Waals surface area (Å²) in [5.41, 5.74) is 0. The molecule has 0 saturated heterocycles. The van der Waals surface area contributed by atoms with Gasteiger partial charge in [0.15, 0.2) is 0 Å². The monoisotopic (exact) mass is 127 g/mol. The van der Waals surface area contributed by atoms with Gasteiger partial charge in [-0.1, -0.05) is 24.8 Å². The van der Waals surface area contributed by atoms with E-state index < -0.39 is 12.2 Å². The molecule has 0 spiro atoms. The quantitative estimate of drug-likeness (QED) is 0.534. The van der Waals surface area contributed by atoms with Crippen LogP contribution in [0.25, 0.3) is 0 Å². The molecule has 0 fully saturated rings. The molecule has 2 N–H and O–H groups in total. The molecule has 0 saturated carbocycles. The molecule has 51 valence electrons. The molecular formula is C7H11O2. The zero-order valence-electron chi connectivity index (χ0n) is 5.36. The highest BCUT2D eigenvalue weighted by atomic mass is 16.3. The van der Waals surface area contributed by atoms with Crippen molar-refractivity contribution in [3.05, 3.63) is 24.8 Å². The second-order valence-electron chi connectivity index (χ2n) is 1.81. The minimum atomic E-state index is -0.815. The number of aliphatic hydroxyl groups excluding tert-OH is 2. The van der Waals surface area contributed by atoms with Crippen LogP contribution in [0.1, 0.15) is 6.92 Å². The predicted octanol–water partition coefficient (Wildman–Crippen LogP) is 0.273. The summed E-state index contributed by atoms with van der Waals surface area (Å²) in [6, 6.07) is 0. The zero-order chi connectivity index (χ0) is 7.28. The summed E-state index contributed by atoms with van der Waals surface area (Å²) in [7, 11) is 0. The van der Waals surface area contributed by atoms with Crippen LogP contribution in [0.4, 0.5) is 0 Å². The van der Waals surface area contributed by atoms with Gasteiger partial charge in [0.25, 0.3) is 0 Å². The summed E-state index contributed by atoms with van der Waals surface area (Å²) in [5, 5.41) is 17.5. The van der Waals surface area contributed by atoms with Crippen LogP contribution in [0.15, 0.2) is 18.2 Å². The number of hydrogen-bond acceptors (Lipinski definition) is 2. The second-order valence-corrected chi connectivity index (χ2v) is 1.81.